The number of carbonyl (C=O) groups is 1. The number of thiophene rings is 1. The van der Waals surface area contributed by atoms with Gasteiger partial charge in [0.05, 0.1) is 18.0 Å². The fourth-order valence-corrected chi connectivity index (χ4v) is 5.12. The van der Waals surface area contributed by atoms with Gasteiger partial charge in [-0.05, 0) is 55.1 Å². The van der Waals surface area contributed by atoms with Crippen molar-refractivity contribution in [3.63, 3.8) is 0 Å². The molecule has 1 aliphatic rings. The zero-order valence-corrected chi connectivity index (χ0v) is 17.4. The molecule has 0 aliphatic carbocycles. The number of hydrogen-bond donors (Lipinski definition) is 1. The number of carbonyl (C=O) groups excluding carboxylic acids is 1. The van der Waals surface area contributed by atoms with Gasteiger partial charge in [0.25, 0.3) is 5.91 Å². The Hall–Kier alpha value is -2.22. The first kappa shape index (κ1) is 19.1. The Labute approximate surface area is 173 Å². The SMILES string of the molecule is COc1ccc([C@@H](CNC(=O)c2csc(-c3cccs3)n2)N2CCCC2)cc1. The molecule has 1 aliphatic heterocycles. The van der Waals surface area contributed by atoms with Crippen molar-refractivity contribution in [2.45, 2.75) is 18.9 Å². The van der Waals surface area contributed by atoms with Crippen molar-refractivity contribution >= 4 is 28.6 Å². The minimum atomic E-state index is -0.114. The molecular formula is C21H23N3O2S2. The van der Waals surface area contributed by atoms with Gasteiger partial charge in [-0.1, -0.05) is 18.2 Å². The number of amides is 1. The molecule has 4 rings (SSSR count). The van der Waals surface area contributed by atoms with Crippen LogP contribution in [-0.4, -0.2) is 42.5 Å². The molecule has 0 unspecified atom stereocenters. The number of thiazole rings is 1. The number of benzene rings is 1. The summed E-state index contributed by atoms with van der Waals surface area (Å²) in [5.74, 6) is 0.730. The van der Waals surface area contributed by atoms with Crippen LogP contribution in [0, 0.1) is 0 Å². The van der Waals surface area contributed by atoms with E-state index in [9.17, 15) is 4.79 Å². The first-order chi connectivity index (χ1) is 13.7. The van der Waals surface area contributed by atoms with Gasteiger partial charge >= 0.3 is 0 Å². The highest BCUT2D eigenvalue weighted by molar-refractivity contribution is 7.20. The van der Waals surface area contributed by atoms with Gasteiger partial charge in [0.15, 0.2) is 0 Å². The summed E-state index contributed by atoms with van der Waals surface area (Å²) >= 11 is 3.15. The third-order valence-electron chi connectivity index (χ3n) is 5.01. The molecule has 7 heteroatoms. The maximum absolute atomic E-state index is 12.7. The number of methoxy groups -OCH3 is 1. The van der Waals surface area contributed by atoms with E-state index >= 15 is 0 Å². The molecule has 0 bridgehead atoms. The van der Waals surface area contributed by atoms with Crippen molar-refractivity contribution in [3.8, 4) is 15.6 Å². The highest BCUT2D eigenvalue weighted by atomic mass is 32.1. The van der Waals surface area contributed by atoms with Gasteiger partial charge in [-0.25, -0.2) is 4.98 Å². The molecule has 146 valence electrons. The average Bonchev–Trinajstić information content (AvgIpc) is 3.50. The van der Waals surface area contributed by atoms with E-state index < -0.39 is 0 Å². The lowest BCUT2D eigenvalue weighted by Gasteiger charge is -2.28. The predicted molar refractivity (Wildman–Crippen MR) is 114 cm³/mol. The second kappa shape index (κ2) is 8.86. The highest BCUT2D eigenvalue weighted by Crippen LogP contribution is 2.28. The number of hydrogen-bond acceptors (Lipinski definition) is 6. The molecule has 3 aromatic rings. The van der Waals surface area contributed by atoms with Gasteiger partial charge in [-0.3, -0.25) is 9.69 Å². The molecule has 1 atom stereocenters. The third-order valence-corrected chi connectivity index (χ3v) is 6.89. The number of rotatable bonds is 7. The molecule has 0 spiro atoms. The molecule has 0 radical (unpaired) electrons. The van der Waals surface area contributed by atoms with Crippen LogP contribution in [0.2, 0.25) is 0 Å². The largest absolute Gasteiger partial charge is 0.497 e. The Kier molecular flexibility index (Phi) is 6.04. The Balaban J connectivity index is 1.45. The molecular weight excluding hydrogens is 390 g/mol. The topological polar surface area (TPSA) is 54.5 Å². The second-order valence-electron chi connectivity index (χ2n) is 6.76. The molecule has 1 aromatic carbocycles. The van der Waals surface area contributed by atoms with E-state index in [1.165, 1.54) is 29.7 Å². The first-order valence-corrected chi connectivity index (χ1v) is 11.2. The average molecular weight is 414 g/mol. The molecule has 1 fully saturated rings. The number of nitrogens with one attached hydrogen (secondary N) is 1. The Morgan fingerprint density at radius 2 is 2.00 bits per heavy atom. The molecule has 3 heterocycles. The lowest BCUT2D eigenvalue weighted by molar-refractivity contribution is 0.0933. The van der Waals surface area contributed by atoms with Crippen LogP contribution in [-0.2, 0) is 0 Å². The Morgan fingerprint density at radius 1 is 1.21 bits per heavy atom. The van der Waals surface area contributed by atoms with E-state index in [1.54, 1.807) is 18.4 Å². The lowest BCUT2D eigenvalue weighted by atomic mass is 10.1. The lowest BCUT2D eigenvalue weighted by Crippen LogP contribution is -2.36. The standard InChI is InChI=1S/C21H23N3O2S2/c1-26-16-8-6-15(7-9-16)18(24-10-2-3-11-24)13-22-20(25)17-14-28-21(23-17)19-5-4-12-27-19/h4-9,12,14,18H,2-3,10-11,13H2,1H3,(H,22,25)/t18-/m1/s1. The second-order valence-corrected chi connectivity index (χ2v) is 8.56. The van der Waals surface area contributed by atoms with E-state index in [1.807, 2.05) is 35.0 Å². The van der Waals surface area contributed by atoms with Crippen molar-refractivity contribution in [2.24, 2.45) is 0 Å². The highest BCUT2D eigenvalue weighted by Gasteiger charge is 2.24. The maximum atomic E-state index is 12.7. The number of ether oxygens (including phenoxy) is 1. The Bertz CT molecular complexity index is 900. The van der Waals surface area contributed by atoms with Crippen molar-refractivity contribution in [1.82, 2.24) is 15.2 Å². The fourth-order valence-electron chi connectivity index (χ4n) is 3.51. The molecule has 1 amide bonds. The van der Waals surface area contributed by atoms with E-state index in [0.29, 0.717) is 12.2 Å². The van der Waals surface area contributed by atoms with Crippen LogP contribution in [0.1, 0.15) is 34.9 Å². The van der Waals surface area contributed by atoms with Gasteiger partial charge in [-0.2, -0.15) is 0 Å². The fraction of sp³-hybridized carbons (Fsp3) is 0.333. The van der Waals surface area contributed by atoms with Gasteiger partial charge in [0.1, 0.15) is 16.5 Å². The monoisotopic (exact) mass is 413 g/mol. The first-order valence-electron chi connectivity index (χ1n) is 9.40. The minimum absolute atomic E-state index is 0.114. The summed E-state index contributed by atoms with van der Waals surface area (Å²) in [5, 5.41) is 7.85. The van der Waals surface area contributed by atoms with Crippen LogP contribution in [0.15, 0.2) is 47.2 Å². The van der Waals surface area contributed by atoms with Crippen molar-refractivity contribution < 1.29 is 9.53 Å². The van der Waals surface area contributed by atoms with Crippen LogP contribution in [0.5, 0.6) is 5.75 Å². The number of nitrogens with zero attached hydrogens (tertiary/aromatic N) is 2. The summed E-state index contributed by atoms with van der Waals surface area (Å²) in [7, 11) is 1.67. The zero-order valence-electron chi connectivity index (χ0n) is 15.8. The van der Waals surface area contributed by atoms with Crippen molar-refractivity contribution in [2.75, 3.05) is 26.7 Å². The van der Waals surface area contributed by atoms with Crippen LogP contribution in [0.3, 0.4) is 0 Å². The summed E-state index contributed by atoms with van der Waals surface area (Å²) in [6, 6.07) is 12.3. The van der Waals surface area contributed by atoms with Gasteiger partial charge < -0.3 is 10.1 Å². The van der Waals surface area contributed by atoms with Crippen LogP contribution < -0.4 is 10.1 Å². The van der Waals surface area contributed by atoms with Gasteiger partial charge in [0.2, 0.25) is 0 Å². The quantitative estimate of drug-likeness (QED) is 0.622. The summed E-state index contributed by atoms with van der Waals surface area (Å²) in [5.41, 5.74) is 1.68. The van der Waals surface area contributed by atoms with Crippen LogP contribution in [0.4, 0.5) is 0 Å². The molecule has 28 heavy (non-hydrogen) atoms. The normalized spacial score (nSPS) is 15.5. The summed E-state index contributed by atoms with van der Waals surface area (Å²) < 4.78 is 5.27. The molecule has 1 saturated heterocycles. The van der Waals surface area contributed by atoms with Gasteiger partial charge in [0, 0.05) is 11.9 Å². The summed E-state index contributed by atoms with van der Waals surface area (Å²) in [4.78, 5) is 20.7. The van der Waals surface area contributed by atoms with Gasteiger partial charge in [-0.15, -0.1) is 22.7 Å². The van der Waals surface area contributed by atoms with Crippen molar-refractivity contribution in [1.29, 1.82) is 0 Å². The molecule has 0 saturated carbocycles. The zero-order chi connectivity index (χ0) is 19.3. The number of likely N-dealkylation sites (tertiary alicyclic amines) is 1. The van der Waals surface area contributed by atoms with Crippen molar-refractivity contribution in [3.05, 3.63) is 58.4 Å². The van der Waals surface area contributed by atoms with E-state index in [0.717, 1.165) is 28.7 Å². The van der Waals surface area contributed by atoms with E-state index in [-0.39, 0.29) is 11.9 Å². The maximum Gasteiger partial charge on any atom is 0.270 e. The van der Waals surface area contributed by atoms with E-state index in [4.69, 9.17) is 4.74 Å². The van der Waals surface area contributed by atoms with Crippen LogP contribution >= 0.6 is 22.7 Å². The Morgan fingerprint density at radius 3 is 2.68 bits per heavy atom. The molecule has 2 aromatic heterocycles. The third kappa shape index (κ3) is 4.27. The number of aromatic nitrogens is 1. The smallest absolute Gasteiger partial charge is 0.270 e. The predicted octanol–water partition coefficient (Wildman–Crippen LogP) is 4.45. The minimum Gasteiger partial charge on any atom is -0.497 e. The molecule has 5 nitrogen and oxygen atoms in total. The van der Waals surface area contributed by atoms with E-state index in [2.05, 4.69) is 27.3 Å². The van der Waals surface area contributed by atoms with Crippen LogP contribution in [0.25, 0.3) is 9.88 Å². The molecule has 1 N–H and O–H groups in total. The summed E-state index contributed by atoms with van der Waals surface area (Å²) in [6.07, 6.45) is 2.41. The summed E-state index contributed by atoms with van der Waals surface area (Å²) in [6.45, 7) is 2.69.